The van der Waals surface area contributed by atoms with Crippen LogP contribution in [-0.2, 0) is 4.79 Å². The third-order valence-corrected chi connectivity index (χ3v) is 3.90. The minimum atomic E-state index is -0.286. The van der Waals surface area contributed by atoms with E-state index in [4.69, 9.17) is 5.21 Å². The highest BCUT2D eigenvalue weighted by atomic mass is 16.5. The lowest BCUT2D eigenvalue weighted by Gasteiger charge is -2.32. The Kier molecular flexibility index (Phi) is 0.966. The quantitative estimate of drug-likeness (QED) is 0.447. The highest BCUT2D eigenvalue weighted by Gasteiger charge is 2.68. The van der Waals surface area contributed by atoms with Crippen LogP contribution in [0.15, 0.2) is 11.6 Å². The van der Waals surface area contributed by atoms with Crippen LogP contribution in [0.2, 0.25) is 0 Å². The van der Waals surface area contributed by atoms with Crippen molar-refractivity contribution in [1.82, 2.24) is 5.48 Å². The Hall–Kier alpha value is -0.830. The topological polar surface area (TPSA) is 49.3 Å². The van der Waals surface area contributed by atoms with Crippen molar-refractivity contribution in [3.05, 3.63) is 11.6 Å². The van der Waals surface area contributed by atoms with E-state index in [1.807, 2.05) is 0 Å². The zero-order valence-electron chi connectivity index (χ0n) is 6.71. The first-order chi connectivity index (χ1) is 5.78. The van der Waals surface area contributed by atoms with Gasteiger partial charge in [-0.05, 0) is 36.5 Å². The van der Waals surface area contributed by atoms with Crippen molar-refractivity contribution in [3.8, 4) is 0 Å². The fraction of sp³-hybridized carbons (Fsp3) is 0.667. The zero-order chi connectivity index (χ0) is 8.34. The van der Waals surface area contributed by atoms with E-state index in [0.717, 1.165) is 5.57 Å². The van der Waals surface area contributed by atoms with E-state index >= 15 is 0 Å². The fourth-order valence-corrected chi connectivity index (χ4v) is 2.99. The lowest BCUT2D eigenvalue weighted by atomic mass is 9.72. The summed E-state index contributed by atoms with van der Waals surface area (Å²) in [6.07, 6.45) is 5.75. The maximum absolute atomic E-state index is 11.1. The van der Waals surface area contributed by atoms with Crippen molar-refractivity contribution in [2.45, 2.75) is 19.3 Å². The molecule has 0 aromatic carbocycles. The molecule has 0 aliphatic heterocycles. The lowest BCUT2D eigenvalue weighted by Crippen LogP contribution is -2.24. The van der Waals surface area contributed by atoms with Crippen LogP contribution in [0, 0.1) is 17.3 Å². The Labute approximate surface area is 70.4 Å². The molecule has 3 nitrogen and oxygen atoms in total. The maximum Gasteiger partial charge on any atom is 0.270 e. The van der Waals surface area contributed by atoms with E-state index in [2.05, 4.69) is 6.08 Å². The Morgan fingerprint density at radius 2 is 2.58 bits per heavy atom. The van der Waals surface area contributed by atoms with Crippen LogP contribution >= 0.6 is 0 Å². The number of hydroxylamine groups is 1. The van der Waals surface area contributed by atoms with Crippen molar-refractivity contribution in [2.24, 2.45) is 17.3 Å². The van der Waals surface area contributed by atoms with Crippen LogP contribution in [0.4, 0.5) is 0 Å². The summed E-state index contributed by atoms with van der Waals surface area (Å²) in [5.74, 6) is 0.837. The molecule has 3 unspecified atom stereocenters. The molecule has 0 aromatic rings. The monoisotopic (exact) mass is 165 g/mol. The standard InChI is InChI=1S/C9H11NO2/c11-8(10-12)6-3-5-1-2-9(5)4-7(6)9/h3,5,7,12H,1-2,4H2,(H,10,11). The molecule has 3 aliphatic carbocycles. The van der Waals surface area contributed by atoms with Gasteiger partial charge >= 0.3 is 0 Å². The van der Waals surface area contributed by atoms with Gasteiger partial charge in [-0.3, -0.25) is 10.0 Å². The zero-order valence-corrected chi connectivity index (χ0v) is 6.71. The molecule has 2 N–H and O–H groups in total. The smallest absolute Gasteiger partial charge is 0.270 e. The number of hydrogen-bond acceptors (Lipinski definition) is 2. The third kappa shape index (κ3) is 0.524. The lowest BCUT2D eigenvalue weighted by molar-refractivity contribution is -0.125. The molecule has 0 aromatic heterocycles. The molecule has 0 heterocycles. The summed E-state index contributed by atoms with van der Waals surface area (Å²) in [7, 11) is 0. The first-order valence-electron chi connectivity index (χ1n) is 4.44. The predicted octanol–water partition coefficient (Wildman–Crippen LogP) is 0.848. The number of allylic oxidation sites excluding steroid dienone is 1. The van der Waals surface area contributed by atoms with E-state index in [1.165, 1.54) is 19.3 Å². The predicted molar refractivity (Wildman–Crippen MR) is 41.3 cm³/mol. The van der Waals surface area contributed by atoms with Crippen molar-refractivity contribution < 1.29 is 10.0 Å². The van der Waals surface area contributed by atoms with Gasteiger partial charge in [-0.25, -0.2) is 5.48 Å². The maximum atomic E-state index is 11.1. The number of rotatable bonds is 1. The molecule has 12 heavy (non-hydrogen) atoms. The molecule has 0 radical (unpaired) electrons. The molecular formula is C9H11NO2. The minimum absolute atomic E-state index is 0.286. The Balaban J connectivity index is 1.90. The van der Waals surface area contributed by atoms with Gasteiger partial charge in [-0.1, -0.05) is 6.08 Å². The summed E-state index contributed by atoms with van der Waals surface area (Å²) in [5, 5.41) is 8.48. The van der Waals surface area contributed by atoms with Crippen molar-refractivity contribution in [1.29, 1.82) is 0 Å². The van der Waals surface area contributed by atoms with Gasteiger partial charge in [0.15, 0.2) is 0 Å². The molecule has 2 fully saturated rings. The van der Waals surface area contributed by atoms with E-state index in [0.29, 0.717) is 17.3 Å². The van der Waals surface area contributed by atoms with Gasteiger partial charge in [-0.15, -0.1) is 0 Å². The average Bonchev–Trinajstić information content (AvgIpc) is 2.75. The SMILES string of the molecule is O=C(NO)C1=CC2CCC23CC13. The molecule has 1 amide bonds. The average molecular weight is 165 g/mol. The highest BCUT2D eigenvalue weighted by molar-refractivity contribution is 5.95. The van der Waals surface area contributed by atoms with Gasteiger partial charge < -0.3 is 0 Å². The molecule has 0 saturated heterocycles. The Bertz CT molecular complexity index is 297. The summed E-state index contributed by atoms with van der Waals surface area (Å²) in [6.45, 7) is 0. The number of carbonyl (C=O) groups excluding carboxylic acids is 1. The van der Waals surface area contributed by atoms with E-state index in [9.17, 15) is 4.79 Å². The van der Waals surface area contributed by atoms with Crippen LogP contribution < -0.4 is 5.48 Å². The summed E-state index contributed by atoms with van der Waals surface area (Å²) in [4.78, 5) is 11.1. The number of nitrogens with one attached hydrogen (secondary N) is 1. The van der Waals surface area contributed by atoms with Crippen molar-refractivity contribution in [3.63, 3.8) is 0 Å². The molecule has 3 rings (SSSR count). The van der Waals surface area contributed by atoms with Crippen LogP contribution in [-0.4, -0.2) is 11.1 Å². The van der Waals surface area contributed by atoms with Crippen LogP contribution in [0.1, 0.15) is 19.3 Å². The second-order valence-corrected chi connectivity index (χ2v) is 4.20. The van der Waals surface area contributed by atoms with E-state index in [1.54, 1.807) is 5.48 Å². The van der Waals surface area contributed by atoms with Gasteiger partial charge in [0.1, 0.15) is 0 Å². The van der Waals surface area contributed by atoms with E-state index in [-0.39, 0.29) is 5.91 Å². The normalized spacial score (nSPS) is 46.9. The van der Waals surface area contributed by atoms with Crippen LogP contribution in [0.5, 0.6) is 0 Å². The van der Waals surface area contributed by atoms with Gasteiger partial charge in [-0.2, -0.15) is 0 Å². The summed E-state index contributed by atoms with van der Waals surface area (Å²) < 4.78 is 0. The van der Waals surface area contributed by atoms with Crippen LogP contribution in [0.25, 0.3) is 0 Å². The van der Waals surface area contributed by atoms with Gasteiger partial charge in [0, 0.05) is 5.57 Å². The first-order valence-corrected chi connectivity index (χ1v) is 4.44. The molecule has 3 aliphatic rings. The second kappa shape index (κ2) is 1.74. The molecule has 64 valence electrons. The Morgan fingerprint density at radius 3 is 2.92 bits per heavy atom. The van der Waals surface area contributed by atoms with Gasteiger partial charge in [0.05, 0.1) is 0 Å². The number of amides is 1. The molecule has 3 heteroatoms. The Morgan fingerprint density at radius 1 is 1.75 bits per heavy atom. The minimum Gasteiger partial charge on any atom is -0.288 e. The molecule has 0 bridgehead atoms. The van der Waals surface area contributed by atoms with E-state index < -0.39 is 0 Å². The van der Waals surface area contributed by atoms with Gasteiger partial charge in [0.25, 0.3) is 5.91 Å². The highest BCUT2D eigenvalue weighted by Crippen LogP contribution is 2.75. The fourth-order valence-electron chi connectivity index (χ4n) is 2.99. The molecule has 1 spiro atoms. The molecular weight excluding hydrogens is 154 g/mol. The van der Waals surface area contributed by atoms with Crippen molar-refractivity contribution in [2.75, 3.05) is 0 Å². The second-order valence-electron chi connectivity index (χ2n) is 4.20. The first kappa shape index (κ1) is 6.66. The van der Waals surface area contributed by atoms with Crippen molar-refractivity contribution >= 4 is 5.91 Å². The van der Waals surface area contributed by atoms with Gasteiger partial charge in [0.2, 0.25) is 0 Å². The third-order valence-electron chi connectivity index (χ3n) is 3.90. The van der Waals surface area contributed by atoms with Crippen LogP contribution in [0.3, 0.4) is 0 Å². The largest absolute Gasteiger partial charge is 0.288 e. The summed E-state index contributed by atoms with van der Waals surface area (Å²) >= 11 is 0. The molecule has 3 atom stereocenters. The molecule has 2 saturated carbocycles. The number of carbonyl (C=O) groups is 1. The summed E-state index contributed by atoms with van der Waals surface area (Å²) in [6, 6.07) is 0. The summed E-state index contributed by atoms with van der Waals surface area (Å²) in [5.41, 5.74) is 3.04. The number of hydrogen-bond donors (Lipinski definition) is 2.